The van der Waals surface area contributed by atoms with Gasteiger partial charge in [-0.25, -0.2) is 0 Å². The van der Waals surface area contributed by atoms with Crippen molar-refractivity contribution in [3.8, 4) is 0 Å². The van der Waals surface area contributed by atoms with Crippen molar-refractivity contribution in [1.82, 2.24) is 0 Å². The molecule has 1 saturated carbocycles. The second kappa shape index (κ2) is 5.19. The van der Waals surface area contributed by atoms with Gasteiger partial charge in [0, 0.05) is 0 Å². The number of rotatable bonds is 5. The van der Waals surface area contributed by atoms with Crippen LogP contribution in [0.15, 0.2) is 0 Å². The van der Waals surface area contributed by atoms with E-state index >= 15 is 0 Å². The molecule has 1 radical (unpaired) electrons. The number of hydrogen-bond donors (Lipinski definition) is 0. The summed E-state index contributed by atoms with van der Waals surface area (Å²) in [6.07, 6.45) is 9.59. The third-order valence-corrected chi connectivity index (χ3v) is 4.20. The van der Waals surface area contributed by atoms with Crippen LogP contribution in [0.3, 0.4) is 0 Å². The normalized spacial score (nSPS) is 30.9. The molecule has 0 amide bonds. The minimum absolute atomic E-state index is 0.615. The second-order valence-electron chi connectivity index (χ2n) is 5.81. The molecule has 0 aromatic heterocycles. The molecule has 0 saturated heterocycles. The summed E-state index contributed by atoms with van der Waals surface area (Å²) < 4.78 is 0. The molecule has 1 rings (SSSR count). The zero-order valence-electron chi connectivity index (χ0n) is 10.3. The number of hydrogen-bond acceptors (Lipinski definition) is 0. The van der Waals surface area contributed by atoms with E-state index in [2.05, 4.69) is 27.7 Å². The summed E-state index contributed by atoms with van der Waals surface area (Å²) in [5.41, 5.74) is 0.615. The summed E-state index contributed by atoms with van der Waals surface area (Å²) in [5.74, 6) is 1.94. The Kier molecular flexibility index (Phi) is 4.47. The van der Waals surface area contributed by atoms with Crippen LogP contribution in [0.4, 0.5) is 0 Å². The van der Waals surface area contributed by atoms with Gasteiger partial charge in [-0.2, -0.15) is 0 Å². The third-order valence-electron chi connectivity index (χ3n) is 4.20. The van der Waals surface area contributed by atoms with E-state index in [-0.39, 0.29) is 0 Å². The first-order valence-electron chi connectivity index (χ1n) is 6.37. The Bertz CT molecular complexity index is 157. The molecule has 0 nitrogen and oxygen atoms in total. The molecule has 0 spiro atoms. The van der Waals surface area contributed by atoms with Crippen LogP contribution < -0.4 is 0 Å². The summed E-state index contributed by atoms with van der Waals surface area (Å²) in [7, 11) is 0. The molecular weight excluding hydrogens is 168 g/mol. The second-order valence-corrected chi connectivity index (χ2v) is 5.81. The molecule has 1 fully saturated rings. The van der Waals surface area contributed by atoms with Crippen LogP contribution in [-0.4, -0.2) is 0 Å². The Morgan fingerprint density at radius 1 is 1.21 bits per heavy atom. The minimum atomic E-state index is 0.615. The van der Waals surface area contributed by atoms with Crippen molar-refractivity contribution in [2.24, 2.45) is 17.3 Å². The van der Waals surface area contributed by atoms with Crippen molar-refractivity contribution in [3.05, 3.63) is 6.92 Å². The predicted molar refractivity (Wildman–Crippen MR) is 64.1 cm³/mol. The van der Waals surface area contributed by atoms with Crippen LogP contribution in [0.25, 0.3) is 0 Å². The van der Waals surface area contributed by atoms with Crippen LogP contribution in [0.5, 0.6) is 0 Å². The highest BCUT2D eigenvalue weighted by atomic mass is 14.4. The van der Waals surface area contributed by atoms with Crippen LogP contribution >= 0.6 is 0 Å². The smallest absolute Gasteiger partial charge is 0.0323 e. The van der Waals surface area contributed by atoms with Gasteiger partial charge in [-0.15, -0.1) is 0 Å². The predicted octanol–water partition coefficient (Wildman–Crippen LogP) is 4.84. The van der Waals surface area contributed by atoms with Gasteiger partial charge in [-0.1, -0.05) is 53.4 Å². The lowest BCUT2D eigenvalue weighted by Gasteiger charge is -2.29. The molecule has 14 heavy (non-hydrogen) atoms. The summed E-state index contributed by atoms with van der Waals surface area (Å²) in [4.78, 5) is 0. The van der Waals surface area contributed by atoms with Gasteiger partial charge in [0.25, 0.3) is 0 Å². The highest BCUT2D eigenvalue weighted by molar-refractivity contribution is 4.88. The molecule has 2 unspecified atom stereocenters. The van der Waals surface area contributed by atoms with E-state index < -0.39 is 0 Å². The van der Waals surface area contributed by atoms with Gasteiger partial charge >= 0.3 is 0 Å². The Hall–Kier alpha value is 0. The Morgan fingerprint density at radius 2 is 1.93 bits per heavy atom. The van der Waals surface area contributed by atoms with Gasteiger partial charge in [-0.3, -0.25) is 0 Å². The van der Waals surface area contributed by atoms with Crippen LogP contribution in [-0.2, 0) is 0 Å². The zero-order chi connectivity index (χ0) is 10.6. The number of unbranched alkanes of at least 4 members (excludes halogenated alkanes) is 3. The van der Waals surface area contributed by atoms with E-state index in [1.165, 1.54) is 38.5 Å². The van der Waals surface area contributed by atoms with Crippen LogP contribution in [0, 0.1) is 24.2 Å². The van der Waals surface area contributed by atoms with Gasteiger partial charge in [0.1, 0.15) is 0 Å². The van der Waals surface area contributed by atoms with Crippen molar-refractivity contribution < 1.29 is 0 Å². The highest BCUT2D eigenvalue weighted by Gasteiger charge is 2.38. The Labute approximate surface area is 90.5 Å². The van der Waals surface area contributed by atoms with E-state index in [4.69, 9.17) is 0 Å². The lowest BCUT2D eigenvalue weighted by molar-refractivity contribution is 0.206. The molecular formula is C14H27. The molecule has 0 bridgehead atoms. The van der Waals surface area contributed by atoms with Gasteiger partial charge in [0.2, 0.25) is 0 Å². The van der Waals surface area contributed by atoms with E-state index in [9.17, 15) is 0 Å². The van der Waals surface area contributed by atoms with Crippen molar-refractivity contribution >= 4 is 0 Å². The molecule has 0 aliphatic heterocycles. The van der Waals surface area contributed by atoms with Crippen molar-refractivity contribution in [1.29, 1.82) is 0 Å². The maximum atomic E-state index is 3.90. The fourth-order valence-electron chi connectivity index (χ4n) is 3.15. The quantitative estimate of drug-likeness (QED) is 0.550. The van der Waals surface area contributed by atoms with Gasteiger partial charge < -0.3 is 0 Å². The van der Waals surface area contributed by atoms with Gasteiger partial charge in [0.05, 0.1) is 0 Å². The van der Waals surface area contributed by atoms with Crippen LogP contribution in [0.2, 0.25) is 0 Å². The topological polar surface area (TPSA) is 0 Å². The molecule has 83 valence electrons. The molecule has 0 heterocycles. The van der Waals surface area contributed by atoms with Crippen molar-refractivity contribution in [2.45, 2.75) is 65.7 Å². The maximum Gasteiger partial charge on any atom is -0.0323 e. The first-order valence-corrected chi connectivity index (χ1v) is 6.37. The average molecular weight is 195 g/mol. The summed E-state index contributed by atoms with van der Waals surface area (Å²) in [5, 5.41) is 0. The van der Waals surface area contributed by atoms with Crippen molar-refractivity contribution in [3.63, 3.8) is 0 Å². The largest absolute Gasteiger partial charge is 0.0622 e. The Morgan fingerprint density at radius 3 is 2.43 bits per heavy atom. The third kappa shape index (κ3) is 3.00. The zero-order valence-corrected chi connectivity index (χ0v) is 10.3. The Balaban J connectivity index is 2.27. The fraction of sp³-hybridized carbons (Fsp3) is 0.929. The lowest BCUT2D eigenvalue weighted by Crippen LogP contribution is -2.20. The van der Waals surface area contributed by atoms with E-state index in [0.717, 1.165) is 18.3 Å². The molecule has 0 N–H and O–H groups in total. The standard InChI is InChI=1S/C14H27/c1-5-6-7-8-9-13-12(2)10-11-14(13,3)4/h12-13H,1,5-11H2,2-4H3. The molecule has 0 aromatic rings. The van der Waals surface area contributed by atoms with E-state index in [1.807, 2.05) is 0 Å². The molecule has 1 aliphatic carbocycles. The molecule has 2 atom stereocenters. The molecule has 0 aromatic carbocycles. The van der Waals surface area contributed by atoms with Crippen molar-refractivity contribution in [2.75, 3.05) is 0 Å². The maximum absolute atomic E-state index is 3.90. The summed E-state index contributed by atoms with van der Waals surface area (Å²) in [6, 6.07) is 0. The first-order chi connectivity index (χ1) is 6.58. The minimum Gasteiger partial charge on any atom is -0.0622 e. The lowest BCUT2D eigenvalue weighted by atomic mass is 9.76. The van der Waals surface area contributed by atoms with E-state index in [0.29, 0.717) is 5.41 Å². The SMILES string of the molecule is [CH2]CCCCCC1C(C)CCC1(C)C. The monoisotopic (exact) mass is 195 g/mol. The first kappa shape index (κ1) is 12.1. The summed E-state index contributed by atoms with van der Waals surface area (Å²) >= 11 is 0. The van der Waals surface area contributed by atoms with E-state index in [1.54, 1.807) is 0 Å². The van der Waals surface area contributed by atoms with Gasteiger partial charge in [-0.05, 0) is 36.5 Å². The fourth-order valence-corrected chi connectivity index (χ4v) is 3.15. The average Bonchev–Trinajstić information content (AvgIpc) is 2.38. The summed E-state index contributed by atoms with van der Waals surface area (Å²) in [6.45, 7) is 11.3. The van der Waals surface area contributed by atoms with Crippen LogP contribution in [0.1, 0.15) is 65.7 Å². The highest BCUT2D eigenvalue weighted by Crippen LogP contribution is 2.48. The van der Waals surface area contributed by atoms with Gasteiger partial charge in [0.15, 0.2) is 0 Å². The molecule has 0 heteroatoms. The molecule has 1 aliphatic rings.